The largest absolute Gasteiger partial charge is 0.755 e. The SMILES string of the molecule is Nc1nc(Nc2ccc(NS(=O)[O-])cc2)nc(Nc2cc(S(=O)(=O)O)ccc2S(=O)(=O)O)n1. The van der Waals surface area contributed by atoms with Crippen LogP contribution in [0.4, 0.5) is 34.9 Å². The number of hydrogen-bond acceptors (Lipinski definition) is 12. The molecular weight excluding hydrogens is 502 g/mol. The Bertz CT molecular complexity index is 1430. The number of rotatable bonds is 8. The highest BCUT2D eigenvalue weighted by molar-refractivity contribution is 7.86. The lowest BCUT2D eigenvalue weighted by Gasteiger charge is -2.12. The van der Waals surface area contributed by atoms with Crippen molar-refractivity contribution in [3.63, 3.8) is 0 Å². The summed E-state index contributed by atoms with van der Waals surface area (Å²) in [7, 11) is -9.50. The average molecular weight is 517 g/mol. The van der Waals surface area contributed by atoms with Crippen LogP contribution >= 0.6 is 0 Å². The number of hydrogen-bond donors (Lipinski definition) is 6. The first-order chi connectivity index (χ1) is 15.3. The zero-order valence-corrected chi connectivity index (χ0v) is 18.5. The van der Waals surface area contributed by atoms with Crippen molar-refractivity contribution in [1.29, 1.82) is 0 Å². The molecule has 0 spiro atoms. The Balaban J connectivity index is 1.93. The Morgan fingerprint density at radius 3 is 1.97 bits per heavy atom. The van der Waals surface area contributed by atoms with Gasteiger partial charge in [-0.2, -0.15) is 31.8 Å². The molecule has 0 aliphatic heterocycles. The first-order valence-electron chi connectivity index (χ1n) is 8.42. The monoisotopic (exact) mass is 516 g/mol. The van der Waals surface area contributed by atoms with Gasteiger partial charge in [-0.1, -0.05) is 0 Å². The smallest absolute Gasteiger partial charge is 0.296 e. The van der Waals surface area contributed by atoms with E-state index in [-0.39, 0.29) is 17.8 Å². The van der Waals surface area contributed by atoms with Gasteiger partial charge in [0.05, 0.1) is 10.6 Å². The quantitative estimate of drug-likeness (QED) is 0.177. The van der Waals surface area contributed by atoms with E-state index in [9.17, 15) is 34.7 Å². The number of nitrogens with two attached hydrogens (primary N) is 1. The second-order valence-corrected chi connectivity index (χ2v) is 9.60. The van der Waals surface area contributed by atoms with Crippen molar-refractivity contribution >= 4 is 66.4 Å². The summed E-state index contributed by atoms with van der Waals surface area (Å²) in [6.45, 7) is 0. The van der Waals surface area contributed by atoms with Gasteiger partial charge in [-0.05, 0) is 42.5 Å². The van der Waals surface area contributed by atoms with Crippen LogP contribution in [0.3, 0.4) is 0 Å². The maximum absolute atomic E-state index is 11.6. The van der Waals surface area contributed by atoms with E-state index in [4.69, 9.17) is 5.73 Å². The van der Waals surface area contributed by atoms with Gasteiger partial charge in [-0.3, -0.25) is 13.3 Å². The molecule has 7 N–H and O–H groups in total. The highest BCUT2D eigenvalue weighted by Gasteiger charge is 2.21. The van der Waals surface area contributed by atoms with Crippen LogP contribution in [0.25, 0.3) is 0 Å². The van der Waals surface area contributed by atoms with Gasteiger partial charge in [0.1, 0.15) is 4.90 Å². The Morgan fingerprint density at radius 2 is 1.42 bits per heavy atom. The van der Waals surface area contributed by atoms with Crippen molar-refractivity contribution in [1.82, 2.24) is 15.0 Å². The minimum absolute atomic E-state index is 0.113. The third-order valence-corrected chi connectivity index (χ3v) is 5.93. The Morgan fingerprint density at radius 1 is 0.848 bits per heavy atom. The summed E-state index contributed by atoms with van der Waals surface area (Å²) in [4.78, 5) is 10.2. The van der Waals surface area contributed by atoms with Gasteiger partial charge in [-0.15, -0.1) is 0 Å². The van der Waals surface area contributed by atoms with Gasteiger partial charge in [0.15, 0.2) is 0 Å². The van der Waals surface area contributed by atoms with Gasteiger partial charge >= 0.3 is 0 Å². The summed E-state index contributed by atoms with van der Waals surface area (Å²) >= 11 is -2.49. The molecule has 33 heavy (non-hydrogen) atoms. The normalized spacial score (nSPS) is 12.7. The van der Waals surface area contributed by atoms with Crippen LogP contribution in [-0.2, 0) is 31.5 Å². The molecule has 0 bridgehead atoms. The van der Waals surface area contributed by atoms with Crippen molar-refractivity contribution < 1.29 is 34.7 Å². The zero-order chi connectivity index (χ0) is 24.4. The fourth-order valence-corrected chi connectivity index (χ4v) is 3.93. The molecule has 0 fully saturated rings. The molecule has 15 nitrogen and oxygen atoms in total. The third-order valence-electron chi connectivity index (χ3n) is 3.77. The topological polar surface area (TPSA) is 250 Å². The highest BCUT2D eigenvalue weighted by Crippen LogP contribution is 2.27. The van der Waals surface area contributed by atoms with Crippen molar-refractivity contribution in [2.75, 3.05) is 21.1 Å². The molecule has 2 aromatic carbocycles. The van der Waals surface area contributed by atoms with Crippen LogP contribution in [0.1, 0.15) is 0 Å². The Kier molecular flexibility index (Phi) is 6.76. The van der Waals surface area contributed by atoms with Crippen molar-refractivity contribution in [3.8, 4) is 0 Å². The lowest BCUT2D eigenvalue weighted by Crippen LogP contribution is -2.10. The molecule has 1 unspecified atom stereocenters. The van der Waals surface area contributed by atoms with Crippen LogP contribution in [0.15, 0.2) is 52.3 Å². The van der Waals surface area contributed by atoms with Crippen LogP contribution in [0.5, 0.6) is 0 Å². The van der Waals surface area contributed by atoms with E-state index in [1.54, 1.807) is 0 Å². The van der Waals surface area contributed by atoms with E-state index in [2.05, 4.69) is 30.3 Å². The van der Waals surface area contributed by atoms with Gasteiger partial charge in [0.2, 0.25) is 17.8 Å². The number of anilines is 6. The molecule has 1 heterocycles. The van der Waals surface area contributed by atoms with E-state index >= 15 is 0 Å². The van der Waals surface area contributed by atoms with E-state index in [1.165, 1.54) is 24.3 Å². The molecule has 0 saturated carbocycles. The molecular formula is C15H14N7O8S3-. The van der Waals surface area contributed by atoms with Crippen LogP contribution < -0.4 is 21.1 Å². The number of aromatic nitrogens is 3. The summed E-state index contributed by atoms with van der Waals surface area (Å²) < 4.78 is 88.2. The number of benzene rings is 2. The minimum atomic E-state index is -4.80. The maximum atomic E-state index is 11.6. The van der Waals surface area contributed by atoms with Crippen LogP contribution in [0, 0.1) is 0 Å². The fourth-order valence-electron chi connectivity index (χ4n) is 2.46. The summed E-state index contributed by atoms with van der Waals surface area (Å²) in [6.07, 6.45) is 0. The predicted octanol–water partition coefficient (Wildman–Crippen LogP) is 0.640. The van der Waals surface area contributed by atoms with E-state index in [1.807, 2.05) is 0 Å². The van der Waals surface area contributed by atoms with Crippen molar-refractivity contribution in [2.45, 2.75) is 9.79 Å². The molecule has 1 atom stereocenters. The van der Waals surface area contributed by atoms with Gasteiger partial charge < -0.3 is 25.6 Å². The van der Waals surface area contributed by atoms with Crippen LogP contribution in [0.2, 0.25) is 0 Å². The van der Waals surface area contributed by atoms with Crippen molar-refractivity contribution in [2.24, 2.45) is 0 Å². The molecule has 3 aromatic rings. The van der Waals surface area contributed by atoms with E-state index in [0.29, 0.717) is 11.4 Å². The predicted molar refractivity (Wildman–Crippen MR) is 116 cm³/mol. The summed E-state index contributed by atoms with van der Waals surface area (Å²) in [6, 6.07) is 8.16. The molecule has 18 heteroatoms. The second-order valence-electron chi connectivity index (χ2n) is 6.11. The second kappa shape index (κ2) is 9.21. The molecule has 0 radical (unpaired) electrons. The average Bonchev–Trinajstić information content (AvgIpc) is 2.67. The number of nitrogens with zero attached hydrogens (tertiary/aromatic N) is 3. The zero-order valence-electron chi connectivity index (χ0n) is 16.0. The molecule has 3 rings (SSSR count). The standard InChI is InChI=1S/C15H15N7O8S3/c16-13-19-14(17-8-1-3-9(4-2-8)22-31(23)24)21-15(20-13)18-11-7-10(32(25,26)27)5-6-12(11)33(28,29)30/h1-7,22H,(H,23,24)(H,25,26,27)(H,28,29,30)(H4,16,17,18,19,20,21)/p-1. The van der Waals surface area contributed by atoms with Crippen LogP contribution in [-0.4, -0.2) is 49.7 Å². The molecule has 176 valence electrons. The molecule has 0 amide bonds. The highest BCUT2D eigenvalue weighted by atomic mass is 32.2. The molecule has 1 aromatic heterocycles. The summed E-state index contributed by atoms with van der Waals surface area (Å²) in [5, 5.41) is 5.18. The lowest BCUT2D eigenvalue weighted by atomic mass is 10.3. The fraction of sp³-hybridized carbons (Fsp3) is 0. The molecule has 0 aliphatic carbocycles. The van der Waals surface area contributed by atoms with E-state index < -0.39 is 47.0 Å². The third kappa shape index (κ3) is 6.54. The minimum Gasteiger partial charge on any atom is -0.755 e. The maximum Gasteiger partial charge on any atom is 0.296 e. The Labute approximate surface area is 189 Å². The lowest BCUT2D eigenvalue weighted by molar-refractivity contribution is 0.479. The molecule has 0 saturated heterocycles. The first kappa shape index (κ1) is 24.2. The summed E-state index contributed by atoms with van der Waals surface area (Å²) in [5.41, 5.74) is 5.89. The van der Waals surface area contributed by atoms with E-state index in [0.717, 1.165) is 18.2 Å². The molecule has 0 aliphatic rings. The Hall–Kier alpha value is -3.42. The van der Waals surface area contributed by atoms with Gasteiger partial charge in [0, 0.05) is 22.6 Å². The van der Waals surface area contributed by atoms with Crippen molar-refractivity contribution in [3.05, 3.63) is 42.5 Å². The van der Waals surface area contributed by atoms with Gasteiger partial charge in [-0.25, -0.2) is 0 Å². The first-order valence-corrected chi connectivity index (χ1v) is 12.4. The van der Waals surface area contributed by atoms with Gasteiger partial charge in [0.25, 0.3) is 20.2 Å². The number of nitrogen functional groups attached to an aromatic ring is 1. The summed E-state index contributed by atoms with van der Waals surface area (Å²) in [5.74, 6) is -0.755. The number of nitrogens with one attached hydrogen (secondary N) is 3.